The number of phenolic OH excluding ortho intramolecular Hbond substituents is 1. The molecule has 0 saturated carbocycles. The van der Waals surface area contributed by atoms with E-state index in [-0.39, 0.29) is 11.8 Å². The Bertz CT molecular complexity index is 1260. The molecule has 1 unspecified atom stereocenters. The van der Waals surface area contributed by atoms with Crippen molar-refractivity contribution in [1.82, 2.24) is 4.90 Å². The molecule has 5 rings (SSSR count). The van der Waals surface area contributed by atoms with Crippen LogP contribution in [0.5, 0.6) is 5.75 Å². The molecule has 6 heteroatoms. The second kappa shape index (κ2) is 9.03. The molecular formula is C28H25F3N2O. The number of alkyl halides is 3. The van der Waals surface area contributed by atoms with Crippen molar-refractivity contribution >= 4 is 16.5 Å². The number of para-hydroxylation sites is 1. The smallest absolute Gasteiger partial charge is 0.416 e. The molecule has 1 aliphatic rings. The third-order valence-electron chi connectivity index (χ3n) is 6.58. The minimum atomic E-state index is -4.39. The Kier molecular flexibility index (Phi) is 5.92. The van der Waals surface area contributed by atoms with Crippen LogP contribution >= 0.6 is 0 Å². The van der Waals surface area contributed by atoms with Gasteiger partial charge >= 0.3 is 6.18 Å². The van der Waals surface area contributed by atoms with Crippen LogP contribution in [0.2, 0.25) is 0 Å². The number of hydrogen-bond acceptors (Lipinski definition) is 3. The van der Waals surface area contributed by atoms with E-state index in [0.29, 0.717) is 13.1 Å². The highest BCUT2D eigenvalue weighted by atomic mass is 19.4. The zero-order chi connectivity index (χ0) is 23.7. The van der Waals surface area contributed by atoms with Gasteiger partial charge in [0.1, 0.15) is 5.75 Å². The highest BCUT2D eigenvalue weighted by Gasteiger charge is 2.33. The van der Waals surface area contributed by atoms with E-state index in [9.17, 15) is 18.3 Å². The van der Waals surface area contributed by atoms with Crippen molar-refractivity contribution in [2.75, 3.05) is 31.1 Å². The number of benzene rings is 4. The summed E-state index contributed by atoms with van der Waals surface area (Å²) >= 11 is 0. The number of rotatable bonds is 4. The fraction of sp³-hybridized carbons (Fsp3) is 0.214. The Hall–Kier alpha value is -3.51. The van der Waals surface area contributed by atoms with Gasteiger partial charge in [-0.3, -0.25) is 4.90 Å². The quantitative estimate of drug-likeness (QED) is 0.376. The summed E-state index contributed by atoms with van der Waals surface area (Å²) in [7, 11) is 0. The maximum absolute atomic E-state index is 13.2. The predicted octanol–water partition coefficient (Wildman–Crippen LogP) is 6.48. The van der Waals surface area contributed by atoms with Crippen molar-refractivity contribution in [1.29, 1.82) is 0 Å². The first kappa shape index (κ1) is 22.3. The largest absolute Gasteiger partial charge is 0.508 e. The van der Waals surface area contributed by atoms with Crippen LogP contribution in [-0.2, 0) is 6.18 Å². The molecule has 1 aliphatic heterocycles. The molecule has 174 valence electrons. The van der Waals surface area contributed by atoms with E-state index < -0.39 is 11.7 Å². The minimum Gasteiger partial charge on any atom is -0.508 e. The lowest BCUT2D eigenvalue weighted by molar-refractivity contribution is -0.137. The van der Waals surface area contributed by atoms with Gasteiger partial charge in [-0.05, 0) is 46.7 Å². The lowest BCUT2D eigenvalue weighted by Gasteiger charge is -2.41. The summed E-state index contributed by atoms with van der Waals surface area (Å²) in [4.78, 5) is 4.56. The summed E-state index contributed by atoms with van der Waals surface area (Å²) in [6.07, 6.45) is -4.39. The van der Waals surface area contributed by atoms with Gasteiger partial charge in [0.15, 0.2) is 0 Å². The van der Waals surface area contributed by atoms with E-state index in [0.717, 1.165) is 52.8 Å². The molecule has 0 amide bonds. The molecule has 1 N–H and O–H groups in total. The molecule has 0 bridgehead atoms. The number of phenols is 1. The number of hydrogen-bond donors (Lipinski definition) is 1. The number of fused-ring (bicyclic) bond motifs is 1. The zero-order valence-electron chi connectivity index (χ0n) is 18.5. The Morgan fingerprint density at radius 3 is 2.03 bits per heavy atom. The van der Waals surface area contributed by atoms with Gasteiger partial charge < -0.3 is 10.0 Å². The lowest BCUT2D eigenvalue weighted by Crippen LogP contribution is -2.48. The minimum absolute atomic E-state index is 0.147. The van der Waals surface area contributed by atoms with Gasteiger partial charge in [0, 0.05) is 37.4 Å². The van der Waals surface area contributed by atoms with E-state index in [2.05, 4.69) is 21.9 Å². The molecule has 1 fully saturated rings. The van der Waals surface area contributed by atoms with Crippen LogP contribution in [0.3, 0.4) is 0 Å². The molecule has 0 radical (unpaired) electrons. The summed E-state index contributed by atoms with van der Waals surface area (Å²) in [6, 6.07) is 26.5. The van der Waals surface area contributed by atoms with Crippen LogP contribution in [0.1, 0.15) is 22.7 Å². The second-order valence-electron chi connectivity index (χ2n) is 8.60. The molecule has 1 atom stereocenters. The van der Waals surface area contributed by atoms with Crippen LogP contribution in [0.15, 0.2) is 91.0 Å². The molecule has 1 heterocycles. The first-order valence-corrected chi connectivity index (χ1v) is 11.3. The van der Waals surface area contributed by atoms with E-state index in [1.54, 1.807) is 6.07 Å². The average molecular weight is 463 g/mol. The van der Waals surface area contributed by atoms with Crippen molar-refractivity contribution in [2.24, 2.45) is 0 Å². The number of nitrogens with zero attached hydrogens (tertiary/aromatic N) is 2. The standard InChI is InChI=1S/C28H25F3N2O/c29-28(30,31)22-13-10-21(11-14-22)27(26-24-9-5-4-6-20(24)12-15-25(26)34)33-18-16-32(17-19-33)23-7-2-1-3-8-23/h1-15,27,34H,16-19H2. The van der Waals surface area contributed by atoms with Gasteiger partial charge in [0.2, 0.25) is 0 Å². The fourth-order valence-corrected chi connectivity index (χ4v) is 4.86. The van der Waals surface area contributed by atoms with Gasteiger partial charge in [0.05, 0.1) is 11.6 Å². The van der Waals surface area contributed by atoms with Gasteiger partial charge in [-0.1, -0.05) is 60.7 Å². The third kappa shape index (κ3) is 4.33. The first-order valence-electron chi connectivity index (χ1n) is 11.3. The SMILES string of the molecule is Oc1ccc2ccccc2c1C(c1ccc(C(F)(F)F)cc1)N1CCN(c2ccccc2)CC1. The van der Waals surface area contributed by atoms with Gasteiger partial charge in [-0.25, -0.2) is 0 Å². The second-order valence-corrected chi connectivity index (χ2v) is 8.60. The topological polar surface area (TPSA) is 26.7 Å². The highest BCUT2D eigenvalue weighted by molar-refractivity contribution is 5.88. The molecule has 3 nitrogen and oxygen atoms in total. The maximum atomic E-state index is 13.2. The van der Waals surface area contributed by atoms with Crippen molar-refractivity contribution in [3.63, 3.8) is 0 Å². The number of piperazine rings is 1. The van der Waals surface area contributed by atoms with E-state index in [4.69, 9.17) is 0 Å². The molecule has 1 saturated heterocycles. The molecule has 4 aromatic rings. The third-order valence-corrected chi connectivity index (χ3v) is 6.58. The van der Waals surface area contributed by atoms with Crippen LogP contribution in [0, 0.1) is 0 Å². The van der Waals surface area contributed by atoms with Crippen LogP contribution in [0.4, 0.5) is 18.9 Å². The Morgan fingerprint density at radius 2 is 1.35 bits per heavy atom. The summed E-state index contributed by atoms with van der Waals surface area (Å²) in [5.41, 5.74) is 1.94. The lowest BCUT2D eigenvalue weighted by atomic mass is 9.90. The zero-order valence-corrected chi connectivity index (χ0v) is 18.5. The van der Waals surface area contributed by atoms with Crippen molar-refractivity contribution in [2.45, 2.75) is 12.2 Å². The summed E-state index contributed by atoms with van der Waals surface area (Å²) in [5, 5.41) is 12.9. The predicted molar refractivity (Wildman–Crippen MR) is 129 cm³/mol. The Balaban J connectivity index is 1.55. The molecule has 34 heavy (non-hydrogen) atoms. The monoisotopic (exact) mass is 462 g/mol. The summed E-state index contributed by atoms with van der Waals surface area (Å²) in [6.45, 7) is 2.99. The summed E-state index contributed by atoms with van der Waals surface area (Å²) in [5.74, 6) is 0.147. The molecule has 0 aromatic heterocycles. The highest BCUT2D eigenvalue weighted by Crippen LogP contribution is 2.40. The normalized spacial score (nSPS) is 16.0. The van der Waals surface area contributed by atoms with Crippen LogP contribution in [-0.4, -0.2) is 36.2 Å². The molecule has 4 aromatic carbocycles. The van der Waals surface area contributed by atoms with Crippen molar-refractivity contribution < 1.29 is 18.3 Å². The molecular weight excluding hydrogens is 437 g/mol. The Morgan fingerprint density at radius 1 is 0.706 bits per heavy atom. The number of halogens is 3. The maximum Gasteiger partial charge on any atom is 0.416 e. The van der Waals surface area contributed by atoms with Crippen molar-refractivity contribution in [3.8, 4) is 5.75 Å². The van der Waals surface area contributed by atoms with E-state index in [1.807, 2.05) is 48.5 Å². The number of aromatic hydroxyl groups is 1. The van der Waals surface area contributed by atoms with Crippen molar-refractivity contribution in [3.05, 3.63) is 108 Å². The number of anilines is 1. The van der Waals surface area contributed by atoms with E-state index >= 15 is 0 Å². The van der Waals surface area contributed by atoms with Crippen LogP contribution < -0.4 is 4.90 Å². The first-order chi connectivity index (χ1) is 16.4. The fourth-order valence-electron chi connectivity index (χ4n) is 4.86. The van der Waals surface area contributed by atoms with Gasteiger partial charge in [-0.2, -0.15) is 13.2 Å². The summed E-state index contributed by atoms with van der Waals surface area (Å²) < 4.78 is 39.7. The van der Waals surface area contributed by atoms with E-state index in [1.165, 1.54) is 12.1 Å². The average Bonchev–Trinajstić information content (AvgIpc) is 2.86. The molecule has 0 aliphatic carbocycles. The molecule has 0 spiro atoms. The van der Waals surface area contributed by atoms with Crippen LogP contribution in [0.25, 0.3) is 10.8 Å². The van der Waals surface area contributed by atoms with Gasteiger partial charge in [0.25, 0.3) is 0 Å². The Labute approximate surface area is 196 Å². The van der Waals surface area contributed by atoms with Gasteiger partial charge in [-0.15, -0.1) is 0 Å².